The van der Waals surface area contributed by atoms with Crippen LogP contribution in [0.3, 0.4) is 0 Å². The summed E-state index contributed by atoms with van der Waals surface area (Å²) in [5, 5.41) is 7.57. The molecule has 0 spiro atoms. The minimum atomic E-state index is 0.228. The van der Waals surface area contributed by atoms with Crippen molar-refractivity contribution in [2.75, 3.05) is 27.6 Å². The number of aliphatic hydroxyl groups excluding tert-OH is 1. The molecule has 0 bridgehead atoms. The van der Waals surface area contributed by atoms with Crippen LogP contribution in [0.25, 0.3) is 0 Å². The molecule has 0 aliphatic rings. The Kier molecular flexibility index (Phi) is 8.99. The van der Waals surface area contributed by atoms with Gasteiger partial charge in [-0.1, -0.05) is 0 Å². The molecule has 1 aromatic rings. The molecule has 4 nitrogen and oxygen atoms in total. The predicted octanol–water partition coefficient (Wildman–Crippen LogP) is 2.44. The first-order valence-electron chi connectivity index (χ1n) is 4.75. The van der Waals surface area contributed by atoms with Crippen molar-refractivity contribution in [3.05, 3.63) is 22.7 Å². The van der Waals surface area contributed by atoms with Crippen LogP contribution in [0, 0.1) is 0 Å². The second kappa shape index (κ2) is 9.45. The van der Waals surface area contributed by atoms with Gasteiger partial charge in [0.25, 0.3) is 0 Å². The van der Waals surface area contributed by atoms with E-state index < -0.39 is 0 Å². The summed E-state index contributed by atoms with van der Waals surface area (Å²) in [7, 11) is 3.19. The summed E-state index contributed by atoms with van der Waals surface area (Å²) in [4.78, 5) is 0. The largest absolute Gasteiger partial charge is 0.497 e. The molecule has 0 aromatic heterocycles. The van der Waals surface area contributed by atoms with Crippen molar-refractivity contribution < 1.29 is 19.3 Å². The molecule has 0 heterocycles. The zero-order chi connectivity index (χ0) is 12.4. The number of rotatable bonds is 4. The van der Waals surface area contributed by atoms with E-state index in [0.29, 0.717) is 5.75 Å². The maximum absolute atomic E-state index is 7.57. The van der Waals surface area contributed by atoms with Gasteiger partial charge in [0.05, 0.1) is 11.6 Å². The number of benzene rings is 1. The molecule has 0 aliphatic carbocycles. The second-order valence-corrected chi connectivity index (χ2v) is 3.52. The maximum atomic E-state index is 7.57. The molecular formula is C11H17BrO4. The predicted molar refractivity (Wildman–Crippen MR) is 66.0 cm³/mol. The van der Waals surface area contributed by atoms with Crippen LogP contribution in [0.2, 0.25) is 0 Å². The fourth-order valence-electron chi connectivity index (χ4n) is 0.844. The summed E-state index contributed by atoms with van der Waals surface area (Å²) >= 11 is 3.35. The molecule has 92 valence electrons. The van der Waals surface area contributed by atoms with Crippen molar-refractivity contribution in [1.29, 1.82) is 0 Å². The summed E-state index contributed by atoms with van der Waals surface area (Å²) < 4.78 is 16.0. The second-order valence-electron chi connectivity index (χ2n) is 2.66. The molecule has 5 heteroatoms. The van der Waals surface area contributed by atoms with Crippen molar-refractivity contribution in [3.63, 3.8) is 0 Å². The number of methoxy groups -OCH3 is 2. The Bertz CT molecular complexity index is 291. The molecule has 0 fully saturated rings. The highest BCUT2D eigenvalue weighted by atomic mass is 79.9. The van der Waals surface area contributed by atoms with Crippen LogP contribution in [-0.2, 0) is 4.74 Å². The standard InChI is InChI=1S/C9H11BrO3.C2H6O/c1-11-6-13-9-5-7(12-2)3-4-8(9)10;1-2-3/h3-5H,6H2,1-2H3;3H,2H2,1H3. The van der Waals surface area contributed by atoms with Gasteiger partial charge in [-0.25, -0.2) is 0 Å². The molecule has 1 N–H and O–H groups in total. The fraction of sp³-hybridized carbons (Fsp3) is 0.455. The Hall–Kier alpha value is -0.780. The van der Waals surface area contributed by atoms with E-state index in [9.17, 15) is 0 Å². The van der Waals surface area contributed by atoms with Gasteiger partial charge in [-0.05, 0) is 35.0 Å². The number of hydrogen-bond acceptors (Lipinski definition) is 4. The normalized spacial score (nSPS) is 9.06. The minimum Gasteiger partial charge on any atom is -0.497 e. The molecule has 0 saturated heterocycles. The van der Waals surface area contributed by atoms with E-state index in [4.69, 9.17) is 19.3 Å². The van der Waals surface area contributed by atoms with Gasteiger partial charge in [0, 0.05) is 19.8 Å². The number of hydrogen-bond donors (Lipinski definition) is 1. The third-order valence-corrected chi connectivity index (χ3v) is 2.13. The van der Waals surface area contributed by atoms with Gasteiger partial charge in [-0.2, -0.15) is 0 Å². The quantitative estimate of drug-likeness (QED) is 0.866. The third-order valence-electron chi connectivity index (χ3n) is 1.47. The highest BCUT2D eigenvalue weighted by molar-refractivity contribution is 9.10. The number of ether oxygens (including phenoxy) is 3. The van der Waals surface area contributed by atoms with Crippen LogP contribution in [0.4, 0.5) is 0 Å². The molecule has 0 atom stereocenters. The molecule has 0 radical (unpaired) electrons. The molecule has 1 rings (SSSR count). The molecule has 1 aromatic carbocycles. The Morgan fingerprint density at radius 3 is 2.44 bits per heavy atom. The van der Waals surface area contributed by atoms with Crippen molar-refractivity contribution >= 4 is 15.9 Å². The topological polar surface area (TPSA) is 47.9 Å². The smallest absolute Gasteiger partial charge is 0.188 e. The van der Waals surface area contributed by atoms with Gasteiger partial charge >= 0.3 is 0 Å². The van der Waals surface area contributed by atoms with Gasteiger partial charge in [0.2, 0.25) is 0 Å². The highest BCUT2D eigenvalue weighted by Crippen LogP contribution is 2.29. The minimum absolute atomic E-state index is 0.228. The van der Waals surface area contributed by atoms with Gasteiger partial charge < -0.3 is 19.3 Å². The van der Waals surface area contributed by atoms with Crippen LogP contribution in [0.1, 0.15) is 6.92 Å². The van der Waals surface area contributed by atoms with E-state index in [0.717, 1.165) is 10.2 Å². The monoisotopic (exact) mass is 292 g/mol. The van der Waals surface area contributed by atoms with Crippen LogP contribution in [-0.4, -0.2) is 32.7 Å². The van der Waals surface area contributed by atoms with Gasteiger partial charge in [0.15, 0.2) is 6.79 Å². The number of aliphatic hydroxyl groups is 1. The lowest BCUT2D eigenvalue weighted by Crippen LogP contribution is -1.99. The highest BCUT2D eigenvalue weighted by Gasteiger charge is 2.02. The van der Waals surface area contributed by atoms with Crippen molar-refractivity contribution in [2.45, 2.75) is 6.92 Å². The summed E-state index contributed by atoms with van der Waals surface area (Å²) in [6, 6.07) is 5.51. The molecular weight excluding hydrogens is 276 g/mol. The molecule has 0 amide bonds. The zero-order valence-corrected chi connectivity index (χ0v) is 11.3. The summed E-state index contributed by atoms with van der Waals surface area (Å²) in [5.74, 6) is 1.47. The summed E-state index contributed by atoms with van der Waals surface area (Å²) in [5.41, 5.74) is 0. The Morgan fingerprint density at radius 1 is 1.31 bits per heavy atom. The van der Waals surface area contributed by atoms with E-state index in [1.807, 2.05) is 12.1 Å². The zero-order valence-electron chi connectivity index (χ0n) is 9.70. The van der Waals surface area contributed by atoms with Gasteiger partial charge in [-0.3, -0.25) is 0 Å². The van der Waals surface area contributed by atoms with E-state index in [1.54, 1.807) is 27.2 Å². The average Bonchev–Trinajstić information content (AvgIpc) is 2.29. The first-order chi connectivity index (χ1) is 7.69. The fourth-order valence-corrected chi connectivity index (χ4v) is 1.20. The Labute approximate surface area is 104 Å². The lowest BCUT2D eigenvalue weighted by molar-refractivity contribution is 0.0504. The molecule has 0 unspecified atom stereocenters. The van der Waals surface area contributed by atoms with E-state index >= 15 is 0 Å². The van der Waals surface area contributed by atoms with Crippen LogP contribution < -0.4 is 9.47 Å². The van der Waals surface area contributed by atoms with E-state index in [2.05, 4.69) is 15.9 Å². The third kappa shape index (κ3) is 5.95. The average molecular weight is 293 g/mol. The first kappa shape index (κ1) is 15.2. The number of halogens is 1. The first-order valence-corrected chi connectivity index (χ1v) is 5.55. The lowest BCUT2D eigenvalue weighted by atomic mass is 10.3. The summed E-state index contributed by atoms with van der Waals surface area (Å²) in [6.45, 7) is 2.16. The van der Waals surface area contributed by atoms with E-state index in [1.165, 1.54) is 0 Å². The lowest BCUT2D eigenvalue weighted by Gasteiger charge is -2.08. The van der Waals surface area contributed by atoms with Crippen molar-refractivity contribution in [3.8, 4) is 11.5 Å². The van der Waals surface area contributed by atoms with Gasteiger partial charge in [0.1, 0.15) is 11.5 Å². The van der Waals surface area contributed by atoms with Crippen LogP contribution >= 0.6 is 15.9 Å². The van der Waals surface area contributed by atoms with Crippen molar-refractivity contribution in [2.24, 2.45) is 0 Å². The molecule has 0 saturated carbocycles. The van der Waals surface area contributed by atoms with Crippen LogP contribution in [0.15, 0.2) is 22.7 Å². The van der Waals surface area contributed by atoms with Gasteiger partial charge in [-0.15, -0.1) is 0 Å². The maximum Gasteiger partial charge on any atom is 0.188 e. The van der Waals surface area contributed by atoms with Crippen LogP contribution in [0.5, 0.6) is 11.5 Å². The SMILES string of the molecule is CCO.COCOc1cc(OC)ccc1Br. The summed E-state index contributed by atoms with van der Waals surface area (Å²) in [6.07, 6.45) is 0. The molecule has 16 heavy (non-hydrogen) atoms. The Morgan fingerprint density at radius 2 is 1.94 bits per heavy atom. The molecule has 0 aliphatic heterocycles. The van der Waals surface area contributed by atoms with E-state index in [-0.39, 0.29) is 13.4 Å². The van der Waals surface area contributed by atoms with Crippen molar-refractivity contribution in [1.82, 2.24) is 0 Å². The Balaban J connectivity index is 0.000000673.